The highest BCUT2D eigenvalue weighted by Gasteiger charge is 2.30. The number of nitrogens with zero attached hydrogens (tertiary/aromatic N) is 2. The molecule has 1 N–H and O–H groups in total. The molecule has 2 aromatic carbocycles. The van der Waals surface area contributed by atoms with Crippen LogP contribution in [0.3, 0.4) is 0 Å². The summed E-state index contributed by atoms with van der Waals surface area (Å²) in [6, 6.07) is 20.4. The van der Waals surface area contributed by atoms with E-state index >= 15 is 0 Å². The van der Waals surface area contributed by atoms with Gasteiger partial charge >= 0.3 is 0 Å². The van der Waals surface area contributed by atoms with Crippen molar-refractivity contribution in [1.82, 2.24) is 9.47 Å². The first-order valence-electron chi connectivity index (χ1n) is 9.21. The zero-order valence-electron chi connectivity index (χ0n) is 16.0. The van der Waals surface area contributed by atoms with Gasteiger partial charge in [-0.1, -0.05) is 30.3 Å². The number of benzene rings is 2. The predicted octanol–water partition coefficient (Wildman–Crippen LogP) is 4.31. The number of anilines is 1. The number of methoxy groups -OCH3 is 2. The van der Waals surface area contributed by atoms with Crippen LogP contribution >= 0.6 is 12.2 Å². The molecule has 3 aromatic rings. The number of rotatable bonds is 4. The van der Waals surface area contributed by atoms with E-state index in [2.05, 4.69) is 57.4 Å². The lowest BCUT2D eigenvalue weighted by Gasteiger charge is -2.39. The van der Waals surface area contributed by atoms with Crippen molar-refractivity contribution in [2.24, 2.45) is 0 Å². The van der Waals surface area contributed by atoms with Crippen molar-refractivity contribution in [1.29, 1.82) is 0 Å². The number of fused-ring (bicyclic) bond motifs is 1. The molecule has 1 aliphatic heterocycles. The molecule has 1 aliphatic rings. The molecular formula is C22H23N3O2S. The monoisotopic (exact) mass is 393 g/mol. The van der Waals surface area contributed by atoms with Crippen LogP contribution in [0.1, 0.15) is 17.3 Å². The van der Waals surface area contributed by atoms with Crippen molar-refractivity contribution in [3.8, 4) is 11.5 Å². The van der Waals surface area contributed by atoms with Crippen molar-refractivity contribution in [2.45, 2.75) is 12.6 Å². The van der Waals surface area contributed by atoms with Gasteiger partial charge in [-0.25, -0.2) is 0 Å². The molecule has 0 saturated carbocycles. The number of thiocarbonyl (C=S) groups is 1. The van der Waals surface area contributed by atoms with Gasteiger partial charge in [-0.2, -0.15) is 0 Å². The minimum Gasteiger partial charge on any atom is -0.497 e. The Bertz CT molecular complexity index is 971. The standard InChI is InChI=1S/C22H23N3O2S/c1-26-17-10-11-20(27-2)18(15-17)23-22(28)25-14-13-24-12-6-9-19(24)21(25)16-7-4-3-5-8-16/h3-12,15,21H,13-14H2,1-2H3,(H,23,28)/t21-/m1/s1. The lowest BCUT2D eigenvalue weighted by Crippen LogP contribution is -2.44. The minimum absolute atomic E-state index is 0.0570. The maximum atomic E-state index is 5.83. The second kappa shape index (κ2) is 7.94. The van der Waals surface area contributed by atoms with Crippen LogP contribution in [0.25, 0.3) is 0 Å². The van der Waals surface area contributed by atoms with Crippen molar-refractivity contribution < 1.29 is 9.47 Å². The molecule has 0 bridgehead atoms. The summed E-state index contributed by atoms with van der Waals surface area (Å²) in [6.45, 7) is 1.71. The molecule has 0 amide bonds. The first-order chi connectivity index (χ1) is 13.7. The summed E-state index contributed by atoms with van der Waals surface area (Å²) in [6.07, 6.45) is 2.13. The molecular weight excluding hydrogens is 370 g/mol. The minimum atomic E-state index is 0.0570. The molecule has 0 fully saturated rings. The Balaban J connectivity index is 1.67. The summed E-state index contributed by atoms with van der Waals surface area (Å²) < 4.78 is 13.1. The topological polar surface area (TPSA) is 38.7 Å². The molecule has 6 heteroatoms. The van der Waals surface area contributed by atoms with Gasteiger partial charge in [-0.15, -0.1) is 0 Å². The Hall–Kier alpha value is -2.99. The van der Waals surface area contributed by atoms with E-state index in [1.165, 1.54) is 11.3 Å². The fraction of sp³-hybridized carbons (Fsp3) is 0.227. The van der Waals surface area contributed by atoms with Gasteiger partial charge in [0, 0.05) is 31.0 Å². The normalized spacial score (nSPS) is 15.6. The second-order valence-electron chi connectivity index (χ2n) is 6.63. The van der Waals surface area contributed by atoms with Gasteiger partial charge in [0.2, 0.25) is 0 Å². The lowest BCUT2D eigenvalue weighted by molar-refractivity contribution is 0.293. The van der Waals surface area contributed by atoms with Crippen LogP contribution in [0.2, 0.25) is 0 Å². The molecule has 144 valence electrons. The summed E-state index contributed by atoms with van der Waals surface area (Å²) in [5, 5.41) is 4.03. The molecule has 28 heavy (non-hydrogen) atoms. The average molecular weight is 394 g/mol. The van der Waals surface area contributed by atoms with Crippen molar-refractivity contribution in [3.05, 3.63) is 78.1 Å². The van der Waals surface area contributed by atoms with Gasteiger partial charge in [-0.05, 0) is 42.0 Å². The first kappa shape index (κ1) is 18.4. The van der Waals surface area contributed by atoms with E-state index in [1.807, 2.05) is 24.3 Å². The Morgan fingerprint density at radius 1 is 1.00 bits per heavy atom. The lowest BCUT2D eigenvalue weighted by atomic mass is 10.0. The van der Waals surface area contributed by atoms with Gasteiger partial charge in [0.1, 0.15) is 11.5 Å². The van der Waals surface area contributed by atoms with Crippen LogP contribution in [0.15, 0.2) is 66.9 Å². The molecule has 1 aromatic heterocycles. The summed E-state index contributed by atoms with van der Waals surface area (Å²) in [7, 11) is 3.30. The van der Waals surface area contributed by atoms with Gasteiger partial charge in [0.25, 0.3) is 0 Å². The van der Waals surface area contributed by atoms with Gasteiger partial charge < -0.3 is 24.3 Å². The summed E-state index contributed by atoms with van der Waals surface area (Å²) >= 11 is 5.83. The first-order valence-corrected chi connectivity index (χ1v) is 9.61. The molecule has 2 heterocycles. The molecule has 5 nitrogen and oxygen atoms in total. The summed E-state index contributed by atoms with van der Waals surface area (Å²) in [4.78, 5) is 2.24. The van der Waals surface area contributed by atoms with E-state index in [4.69, 9.17) is 21.7 Å². The third-order valence-electron chi connectivity index (χ3n) is 5.06. The summed E-state index contributed by atoms with van der Waals surface area (Å²) in [5.74, 6) is 1.47. The van der Waals surface area contributed by atoms with E-state index in [0.717, 1.165) is 30.3 Å². The van der Waals surface area contributed by atoms with Gasteiger partial charge in [0.05, 0.1) is 25.9 Å². The quantitative estimate of drug-likeness (QED) is 0.669. The Morgan fingerprint density at radius 2 is 1.82 bits per heavy atom. The molecule has 1 atom stereocenters. The number of nitrogens with one attached hydrogen (secondary N) is 1. The smallest absolute Gasteiger partial charge is 0.174 e. The van der Waals surface area contributed by atoms with Gasteiger partial charge in [-0.3, -0.25) is 0 Å². The van der Waals surface area contributed by atoms with Crippen LogP contribution in [0.4, 0.5) is 5.69 Å². The number of ether oxygens (including phenoxy) is 2. The van der Waals surface area contributed by atoms with E-state index in [1.54, 1.807) is 14.2 Å². The average Bonchev–Trinajstić information content (AvgIpc) is 3.22. The Morgan fingerprint density at radius 3 is 2.57 bits per heavy atom. The van der Waals surface area contributed by atoms with Crippen LogP contribution in [0.5, 0.6) is 11.5 Å². The zero-order chi connectivity index (χ0) is 19.5. The van der Waals surface area contributed by atoms with Crippen LogP contribution < -0.4 is 14.8 Å². The maximum Gasteiger partial charge on any atom is 0.174 e. The van der Waals surface area contributed by atoms with E-state index < -0.39 is 0 Å². The third kappa shape index (κ3) is 3.43. The molecule has 0 radical (unpaired) electrons. The van der Waals surface area contributed by atoms with E-state index in [0.29, 0.717) is 5.11 Å². The largest absolute Gasteiger partial charge is 0.497 e. The van der Waals surface area contributed by atoms with E-state index in [-0.39, 0.29) is 6.04 Å². The highest BCUT2D eigenvalue weighted by molar-refractivity contribution is 7.80. The fourth-order valence-electron chi connectivity index (χ4n) is 3.69. The van der Waals surface area contributed by atoms with Crippen LogP contribution in [-0.2, 0) is 6.54 Å². The highest BCUT2D eigenvalue weighted by Crippen LogP contribution is 2.34. The molecule has 0 spiro atoms. The molecule has 0 aliphatic carbocycles. The fourth-order valence-corrected chi connectivity index (χ4v) is 3.99. The third-order valence-corrected chi connectivity index (χ3v) is 5.40. The SMILES string of the molecule is COc1ccc(OC)c(NC(=S)N2CCn3cccc3[C@H]2c2ccccc2)c1. The number of aromatic nitrogens is 1. The number of hydrogen-bond donors (Lipinski definition) is 1. The summed E-state index contributed by atoms with van der Waals surface area (Å²) in [5.41, 5.74) is 3.24. The van der Waals surface area contributed by atoms with Crippen LogP contribution in [0, 0.1) is 0 Å². The zero-order valence-corrected chi connectivity index (χ0v) is 16.8. The Kier molecular flexibility index (Phi) is 5.21. The maximum absolute atomic E-state index is 5.83. The highest BCUT2D eigenvalue weighted by atomic mass is 32.1. The number of hydrogen-bond acceptors (Lipinski definition) is 3. The Labute approximate surface area is 170 Å². The molecule has 0 saturated heterocycles. The van der Waals surface area contributed by atoms with E-state index in [9.17, 15) is 0 Å². The molecule has 0 unspecified atom stereocenters. The van der Waals surface area contributed by atoms with Crippen LogP contribution in [-0.4, -0.2) is 35.3 Å². The predicted molar refractivity (Wildman–Crippen MR) is 115 cm³/mol. The second-order valence-corrected chi connectivity index (χ2v) is 7.02. The van der Waals surface area contributed by atoms with Crippen molar-refractivity contribution >= 4 is 23.0 Å². The molecule has 4 rings (SSSR count). The van der Waals surface area contributed by atoms with Crippen molar-refractivity contribution in [3.63, 3.8) is 0 Å². The van der Waals surface area contributed by atoms with Crippen molar-refractivity contribution in [2.75, 3.05) is 26.1 Å². The van der Waals surface area contributed by atoms with Gasteiger partial charge in [0.15, 0.2) is 5.11 Å².